The number of rotatable bonds is 2. The van der Waals surface area contributed by atoms with Crippen molar-refractivity contribution < 1.29 is 4.74 Å². The van der Waals surface area contributed by atoms with Gasteiger partial charge in [-0.05, 0) is 36.8 Å². The van der Waals surface area contributed by atoms with Gasteiger partial charge in [-0.1, -0.05) is 11.6 Å². The van der Waals surface area contributed by atoms with E-state index in [0.717, 1.165) is 31.5 Å². The molecule has 0 spiro atoms. The maximum Gasteiger partial charge on any atom is 0.158 e. The van der Waals surface area contributed by atoms with Crippen LogP contribution in [-0.4, -0.2) is 12.1 Å². The Hall–Kier alpha value is -0.840. The monoisotopic (exact) mass is 271 g/mol. The van der Waals surface area contributed by atoms with E-state index in [1.165, 1.54) is 11.3 Å². The van der Waals surface area contributed by atoms with Crippen molar-refractivity contribution >= 4 is 35.2 Å². The normalized spacial score (nSPS) is 10.4. The van der Waals surface area contributed by atoms with Crippen molar-refractivity contribution in [2.75, 3.05) is 7.11 Å². The van der Waals surface area contributed by atoms with Crippen molar-refractivity contribution in [1.82, 2.24) is 4.98 Å². The summed E-state index contributed by atoms with van der Waals surface area (Å²) in [6.07, 6.45) is 0. The van der Waals surface area contributed by atoms with E-state index in [0.29, 0.717) is 0 Å². The van der Waals surface area contributed by atoms with Crippen LogP contribution in [-0.2, 0) is 0 Å². The van der Waals surface area contributed by atoms with Crippen molar-refractivity contribution in [3.63, 3.8) is 0 Å². The third-order valence-corrected chi connectivity index (χ3v) is 3.76. The molecule has 1 N–H and O–H groups in total. The van der Waals surface area contributed by atoms with Crippen LogP contribution in [0.3, 0.4) is 0 Å². The number of ether oxygens (including phenoxy) is 1. The van der Waals surface area contributed by atoms with Crippen LogP contribution in [0.1, 0.15) is 5.56 Å². The highest BCUT2D eigenvalue weighted by Crippen LogP contribution is 2.34. The molecule has 2 rings (SSSR count). The van der Waals surface area contributed by atoms with Crippen LogP contribution >= 0.6 is 35.2 Å². The highest BCUT2D eigenvalue weighted by molar-refractivity contribution is 7.73. The molecule has 0 atom stereocenters. The quantitative estimate of drug-likeness (QED) is 0.817. The number of aromatic nitrogens is 1. The molecule has 0 bridgehead atoms. The minimum atomic E-state index is 0.723. The number of aryl methyl sites for hydroxylation is 1. The zero-order chi connectivity index (χ0) is 11.7. The third-order valence-electron chi connectivity index (χ3n) is 2.29. The summed E-state index contributed by atoms with van der Waals surface area (Å²) in [6.45, 7) is 1.95. The first-order valence-corrected chi connectivity index (χ1v) is 6.30. The lowest BCUT2D eigenvalue weighted by Gasteiger charge is -2.09. The number of hydrogen-bond acceptors (Lipinski definition) is 3. The molecule has 0 radical (unpaired) electrons. The van der Waals surface area contributed by atoms with Gasteiger partial charge in [0.25, 0.3) is 0 Å². The number of hydrogen-bond donors (Lipinski definition) is 1. The Morgan fingerprint density at radius 2 is 2.19 bits per heavy atom. The lowest BCUT2D eigenvalue weighted by atomic mass is 10.1. The molecule has 2 aromatic rings. The van der Waals surface area contributed by atoms with Gasteiger partial charge in [0.15, 0.2) is 3.95 Å². The molecule has 1 aromatic carbocycles. The summed E-state index contributed by atoms with van der Waals surface area (Å²) in [5.74, 6) is 0.797. The van der Waals surface area contributed by atoms with E-state index in [-0.39, 0.29) is 0 Å². The minimum Gasteiger partial charge on any atom is -0.496 e. The van der Waals surface area contributed by atoms with E-state index in [9.17, 15) is 0 Å². The number of aromatic amines is 1. The number of nitrogens with one attached hydrogen (secondary N) is 1. The smallest absolute Gasteiger partial charge is 0.158 e. The molecule has 0 saturated heterocycles. The van der Waals surface area contributed by atoms with Gasteiger partial charge in [-0.25, -0.2) is 0 Å². The fourth-order valence-corrected chi connectivity index (χ4v) is 2.44. The standard InChI is InChI=1S/C11H10ClNOS2/c1-6-3-10(14-2)7(4-8(6)12)9-5-16-11(15)13-9/h3-5H,1-2H3,(H,13,15). The molecule has 0 aliphatic heterocycles. The molecule has 0 aliphatic rings. The van der Waals surface area contributed by atoms with Gasteiger partial charge in [-0.3, -0.25) is 0 Å². The molecule has 1 heterocycles. The fourth-order valence-electron chi connectivity index (χ4n) is 1.45. The molecule has 0 fully saturated rings. The van der Waals surface area contributed by atoms with E-state index >= 15 is 0 Å². The Bertz CT molecular complexity index is 574. The zero-order valence-corrected chi connectivity index (χ0v) is 11.2. The molecule has 16 heavy (non-hydrogen) atoms. The molecular weight excluding hydrogens is 262 g/mol. The van der Waals surface area contributed by atoms with Gasteiger partial charge in [0.1, 0.15) is 5.75 Å². The summed E-state index contributed by atoms with van der Waals surface area (Å²) in [7, 11) is 1.65. The summed E-state index contributed by atoms with van der Waals surface area (Å²) in [5.41, 5.74) is 2.87. The van der Waals surface area contributed by atoms with E-state index < -0.39 is 0 Å². The lowest BCUT2D eigenvalue weighted by Crippen LogP contribution is -1.90. The molecule has 0 aliphatic carbocycles. The van der Waals surface area contributed by atoms with Crippen molar-refractivity contribution in [3.05, 3.63) is 32.1 Å². The average Bonchev–Trinajstić information content (AvgIpc) is 2.68. The first kappa shape index (κ1) is 11.6. The van der Waals surface area contributed by atoms with Gasteiger partial charge in [0.2, 0.25) is 0 Å². The Kier molecular flexibility index (Phi) is 3.33. The van der Waals surface area contributed by atoms with Crippen molar-refractivity contribution in [1.29, 1.82) is 0 Å². The Morgan fingerprint density at radius 1 is 1.44 bits per heavy atom. The highest BCUT2D eigenvalue weighted by Gasteiger charge is 2.10. The topological polar surface area (TPSA) is 25.0 Å². The minimum absolute atomic E-state index is 0.723. The summed E-state index contributed by atoms with van der Waals surface area (Å²) in [6, 6.07) is 3.81. The van der Waals surface area contributed by atoms with Crippen LogP contribution in [0.2, 0.25) is 5.02 Å². The van der Waals surface area contributed by atoms with Gasteiger partial charge < -0.3 is 9.72 Å². The van der Waals surface area contributed by atoms with Crippen molar-refractivity contribution in [2.24, 2.45) is 0 Å². The summed E-state index contributed by atoms with van der Waals surface area (Å²) >= 11 is 12.7. The van der Waals surface area contributed by atoms with Gasteiger partial charge in [-0.15, -0.1) is 11.3 Å². The maximum absolute atomic E-state index is 6.11. The van der Waals surface area contributed by atoms with Crippen molar-refractivity contribution in [2.45, 2.75) is 6.92 Å². The molecule has 84 valence electrons. The second-order valence-electron chi connectivity index (χ2n) is 3.36. The second-order valence-corrected chi connectivity index (χ2v) is 5.32. The SMILES string of the molecule is COc1cc(C)c(Cl)cc1-c1csc(=S)[nH]1. The van der Waals surface area contributed by atoms with Crippen molar-refractivity contribution in [3.8, 4) is 17.0 Å². The summed E-state index contributed by atoms with van der Waals surface area (Å²) in [4.78, 5) is 3.11. The van der Waals surface area contributed by atoms with E-state index in [4.69, 9.17) is 28.6 Å². The molecule has 5 heteroatoms. The van der Waals surface area contributed by atoms with Gasteiger partial charge >= 0.3 is 0 Å². The first-order chi connectivity index (χ1) is 7.61. The maximum atomic E-state index is 6.11. The number of H-pyrrole nitrogens is 1. The van der Waals surface area contributed by atoms with Crippen LogP contribution in [0.15, 0.2) is 17.5 Å². The predicted octanol–water partition coefficient (Wildman–Crippen LogP) is 4.44. The largest absolute Gasteiger partial charge is 0.496 e. The van der Waals surface area contributed by atoms with Crippen LogP contribution in [0.25, 0.3) is 11.3 Å². The summed E-state index contributed by atoms with van der Waals surface area (Å²) in [5, 5.41) is 2.69. The first-order valence-electron chi connectivity index (χ1n) is 4.64. The van der Waals surface area contributed by atoms with Gasteiger partial charge in [-0.2, -0.15) is 0 Å². The lowest BCUT2D eigenvalue weighted by molar-refractivity contribution is 0.416. The molecule has 0 unspecified atom stereocenters. The van der Waals surface area contributed by atoms with Crippen LogP contribution in [0.4, 0.5) is 0 Å². The third kappa shape index (κ3) is 2.14. The van der Waals surface area contributed by atoms with E-state index in [1.807, 2.05) is 24.4 Å². The van der Waals surface area contributed by atoms with Crippen LogP contribution < -0.4 is 4.74 Å². The Balaban J connectivity index is 2.63. The van der Waals surface area contributed by atoms with E-state index in [1.54, 1.807) is 7.11 Å². The Morgan fingerprint density at radius 3 is 2.75 bits per heavy atom. The van der Waals surface area contributed by atoms with E-state index in [2.05, 4.69) is 4.98 Å². The molecule has 0 saturated carbocycles. The Labute approximate surface area is 108 Å². The summed E-state index contributed by atoms with van der Waals surface area (Å²) < 4.78 is 6.08. The zero-order valence-electron chi connectivity index (χ0n) is 8.83. The molecule has 0 amide bonds. The fraction of sp³-hybridized carbons (Fsp3) is 0.182. The number of benzene rings is 1. The van der Waals surface area contributed by atoms with Gasteiger partial charge in [0, 0.05) is 16.0 Å². The average molecular weight is 272 g/mol. The van der Waals surface area contributed by atoms with Crippen LogP contribution in [0.5, 0.6) is 5.75 Å². The molecule has 2 nitrogen and oxygen atoms in total. The van der Waals surface area contributed by atoms with Gasteiger partial charge in [0.05, 0.1) is 12.8 Å². The number of methoxy groups -OCH3 is 1. The predicted molar refractivity (Wildman–Crippen MR) is 71.2 cm³/mol. The van der Waals surface area contributed by atoms with Crippen LogP contribution in [0, 0.1) is 10.9 Å². The highest BCUT2D eigenvalue weighted by atomic mass is 35.5. The second kappa shape index (κ2) is 4.57. The molecule has 1 aromatic heterocycles. The molecular formula is C11H10ClNOS2. The number of halogens is 1. The number of thiazole rings is 1.